The highest BCUT2D eigenvalue weighted by atomic mass is 14.9. The van der Waals surface area contributed by atoms with Gasteiger partial charge < -0.3 is 5.32 Å². The topological polar surface area (TPSA) is 12.0 Å². The fourth-order valence-corrected chi connectivity index (χ4v) is 9.14. The normalized spacial score (nSPS) is 13.6. The van der Waals surface area contributed by atoms with Gasteiger partial charge >= 0.3 is 0 Å². The molecule has 0 aliphatic heterocycles. The highest BCUT2D eigenvalue weighted by Crippen LogP contribution is 2.64. The maximum Gasteiger partial charge on any atom is 0.0745 e. The second-order valence-electron chi connectivity index (χ2n) is 13.3. The van der Waals surface area contributed by atoms with Crippen LogP contribution in [0, 0.1) is 0 Å². The van der Waals surface area contributed by atoms with Crippen LogP contribution in [0.15, 0.2) is 170 Å². The summed E-state index contributed by atoms with van der Waals surface area (Å²) in [4.78, 5) is 0. The van der Waals surface area contributed by atoms with Crippen LogP contribution in [0.25, 0.3) is 66.4 Å². The van der Waals surface area contributed by atoms with Gasteiger partial charge in [0.1, 0.15) is 0 Å². The lowest BCUT2D eigenvalue weighted by molar-refractivity contribution is 0.796. The molecule has 8 aromatic carbocycles. The van der Waals surface area contributed by atoms with E-state index in [2.05, 4.69) is 175 Å². The fourth-order valence-electron chi connectivity index (χ4n) is 9.14. The molecule has 1 spiro atoms. The molecule has 0 bridgehead atoms. The third-order valence-electron chi connectivity index (χ3n) is 11.0. The Labute approximate surface area is 279 Å². The minimum atomic E-state index is -0.435. The van der Waals surface area contributed by atoms with E-state index in [1.807, 2.05) is 0 Å². The van der Waals surface area contributed by atoms with Crippen molar-refractivity contribution in [3.63, 3.8) is 0 Å². The van der Waals surface area contributed by atoms with Gasteiger partial charge in [0.15, 0.2) is 0 Å². The minimum absolute atomic E-state index is 0.435. The van der Waals surface area contributed by atoms with Crippen LogP contribution in [0.4, 0.5) is 11.4 Å². The van der Waals surface area contributed by atoms with Gasteiger partial charge in [-0.25, -0.2) is 0 Å². The third-order valence-corrected chi connectivity index (χ3v) is 11.0. The Kier molecular flexibility index (Phi) is 5.10. The lowest BCUT2D eigenvalue weighted by Crippen LogP contribution is -2.26. The van der Waals surface area contributed by atoms with E-state index >= 15 is 0 Å². The summed E-state index contributed by atoms with van der Waals surface area (Å²) in [6.45, 7) is 0. The summed E-state index contributed by atoms with van der Waals surface area (Å²) in [5.41, 5.74) is 20.1. The zero-order chi connectivity index (χ0) is 31.4. The molecule has 1 N–H and O–H groups in total. The van der Waals surface area contributed by atoms with Crippen molar-refractivity contribution in [1.82, 2.24) is 0 Å². The summed E-state index contributed by atoms with van der Waals surface area (Å²) in [6.07, 6.45) is 0. The van der Waals surface area contributed by atoms with Crippen LogP contribution in [-0.2, 0) is 5.41 Å². The smallest absolute Gasteiger partial charge is 0.0745 e. The minimum Gasteiger partial charge on any atom is -0.355 e. The second-order valence-corrected chi connectivity index (χ2v) is 13.3. The van der Waals surface area contributed by atoms with E-state index in [9.17, 15) is 0 Å². The van der Waals surface area contributed by atoms with Gasteiger partial charge in [0.05, 0.1) is 5.41 Å². The maximum atomic E-state index is 3.99. The molecular weight excluding hydrogens is 579 g/mol. The van der Waals surface area contributed by atoms with E-state index in [1.54, 1.807) is 0 Å². The van der Waals surface area contributed by atoms with Crippen molar-refractivity contribution in [2.24, 2.45) is 0 Å². The van der Waals surface area contributed by atoms with Gasteiger partial charge in [0, 0.05) is 16.9 Å². The molecular formula is C47H29N. The van der Waals surface area contributed by atoms with Crippen molar-refractivity contribution in [3.8, 4) is 55.6 Å². The lowest BCUT2D eigenvalue weighted by Gasteiger charge is -2.32. The molecule has 8 aromatic rings. The van der Waals surface area contributed by atoms with Gasteiger partial charge in [0.25, 0.3) is 0 Å². The van der Waals surface area contributed by atoms with Gasteiger partial charge in [-0.1, -0.05) is 146 Å². The fraction of sp³-hybridized carbons (Fsp3) is 0.0213. The molecule has 0 fully saturated rings. The molecule has 0 amide bonds. The highest BCUT2D eigenvalue weighted by molar-refractivity contribution is 6.15. The first kappa shape index (κ1) is 25.9. The van der Waals surface area contributed by atoms with Crippen molar-refractivity contribution in [3.05, 3.63) is 192 Å². The molecule has 1 heteroatoms. The molecule has 0 saturated carbocycles. The number of nitrogens with one attached hydrogen (secondary N) is 1. The molecule has 48 heavy (non-hydrogen) atoms. The van der Waals surface area contributed by atoms with Crippen LogP contribution >= 0.6 is 0 Å². The van der Waals surface area contributed by atoms with E-state index in [4.69, 9.17) is 0 Å². The van der Waals surface area contributed by atoms with Crippen molar-refractivity contribution < 1.29 is 0 Å². The summed E-state index contributed by atoms with van der Waals surface area (Å²) in [7, 11) is 0. The predicted octanol–water partition coefficient (Wildman–Crippen LogP) is 12.2. The first-order valence-electron chi connectivity index (χ1n) is 16.8. The summed E-state index contributed by atoms with van der Waals surface area (Å²) in [6, 6.07) is 63.0. The van der Waals surface area contributed by atoms with Crippen molar-refractivity contribution in [1.29, 1.82) is 0 Å². The molecule has 1 nitrogen and oxygen atoms in total. The number of benzene rings is 8. The van der Waals surface area contributed by atoms with Gasteiger partial charge in [0.2, 0.25) is 0 Å². The van der Waals surface area contributed by atoms with Gasteiger partial charge in [-0.3, -0.25) is 0 Å². The second kappa shape index (κ2) is 9.44. The Hall–Kier alpha value is -6.18. The van der Waals surface area contributed by atoms with E-state index in [-0.39, 0.29) is 0 Å². The van der Waals surface area contributed by atoms with Gasteiger partial charge in [-0.15, -0.1) is 0 Å². The lowest BCUT2D eigenvalue weighted by atomic mass is 9.70. The van der Waals surface area contributed by atoms with Crippen molar-refractivity contribution in [2.75, 3.05) is 5.32 Å². The van der Waals surface area contributed by atoms with E-state index in [0.29, 0.717) is 0 Å². The van der Waals surface area contributed by atoms with Gasteiger partial charge in [-0.2, -0.15) is 0 Å². The molecule has 0 heterocycles. The van der Waals surface area contributed by atoms with Gasteiger partial charge in [-0.05, 0) is 107 Å². The van der Waals surface area contributed by atoms with Crippen molar-refractivity contribution in [2.45, 2.75) is 5.41 Å². The molecule has 3 aliphatic carbocycles. The van der Waals surface area contributed by atoms with Crippen LogP contribution in [0.1, 0.15) is 22.3 Å². The average molecular weight is 608 g/mol. The zero-order valence-corrected chi connectivity index (χ0v) is 26.2. The Morgan fingerprint density at radius 1 is 0.354 bits per heavy atom. The standard InChI is InChI=1S/C47H29N/c1-2-11-29(12-3-1)31-23-26-43-40(27-31)38-19-10-22-44(46(38)47(43)41-20-6-4-15-34(41)35-16-5-7-21-42(35)47)48-32-24-25-33-36-17-8-13-30-14-9-18-37(45(30)36)39(33)28-32/h1-28,48H. The number of anilines is 2. The first-order chi connectivity index (χ1) is 23.8. The number of hydrogen-bond acceptors (Lipinski definition) is 1. The van der Waals surface area contributed by atoms with Crippen LogP contribution in [0.2, 0.25) is 0 Å². The summed E-state index contributed by atoms with van der Waals surface area (Å²) in [5.74, 6) is 0. The molecule has 0 saturated heterocycles. The van der Waals surface area contributed by atoms with Crippen LogP contribution in [-0.4, -0.2) is 0 Å². The Bertz CT molecular complexity index is 2590. The zero-order valence-electron chi connectivity index (χ0n) is 26.2. The van der Waals surface area contributed by atoms with E-state index in [0.717, 1.165) is 11.4 Å². The van der Waals surface area contributed by atoms with Crippen LogP contribution < -0.4 is 5.32 Å². The van der Waals surface area contributed by atoms with E-state index in [1.165, 1.54) is 88.7 Å². The number of rotatable bonds is 3. The van der Waals surface area contributed by atoms with Crippen molar-refractivity contribution >= 4 is 22.1 Å². The Morgan fingerprint density at radius 2 is 0.979 bits per heavy atom. The monoisotopic (exact) mass is 607 g/mol. The molecule has 222 valence electrons. The third kappa shape index (κ3) is 3.25. The molecule has 11 rings (SSSR count). The first-order valence-corrected chi connectivity index (χ1v) is 16.8. The molecule has 0 unspecified atom stereocenters. The Balaban J connectivity index is 1.15. The summed E-state index contributed by atoms with van der Waals surface area (Å²) < 4.78 is 0. The summed E-state index contributed by atoms with van der Waals surface area (Å²) in [5, 5.41) is 6.64. The quantitative estimate of drug-likeness (QED) is 0.211. The van der Waals surface area contributed by atoms with E-state index < -0.39 is 5.41 Å². The maximum absolute atomic E-state index is 3.99. The van der Waals surface area contributed by atoms with Crippen LogP contribution in [0.5, 0.6) is 0 Å². The Morgan fingerprint density at radius 3 is 1.75 bits per heavy atom. The van der Waals surface area contributed by atoms with Crippen LogP contribution in [0.3, 0.4) is 0 Å². The average Bonchev–Trinajstić information content (AvgIpc) is 3.75. The summed E-state index contributed by atoms with van der Waals surface area (Å²) >= 11 is 0. The number of hydrogen-bond donors (Lipinski definition) is 1. The number of fused-ring (bicyclic) bond motifs is 13. The molecule has 0 atom stereocenters. The molecule has 0 aromatic heterocycles. The SMILES string of the molecule is c1ccc(-c2ccc3c(c2)-c2cccc(Nc4ccc5c(c4)-c4cccc6cccc-5c46)c2C32c3ccccc3-c3ccccc32)cc1. The molecule has 0 radical (unpaired) electrons. The largest absolute Gasteiger partial charge is 0.355 e. The highest BCUT2D eigenvalue weighted by Gasteiger charge is 2.52. The molecule has 3 aliphatic rings. The predicted molar refractivity (Wildman–Crippen MR) is 200 cm³/mol.